The smallest absolute Gasteiger partial charge is 0.255 e. The molecule has 0 aliphatic heterocycles. The fourth-order valence-corrected chi connectivity index (χ4v) is 3.67. The second-order valence-electron chi connectivity index (χ2n) is 7.61. The Morgan fingerprint density at radius 1 is 1.24 bits per heavy atom. The van der Waals surface area contributed by atoms with Crippen molar-refractivity contribution >= 4 is 29.1 Å². The van der Waals surface area contributed by atoms with Crippen molar-refractivity contribution in [3.05, 3.63) is 23.8 Å². The summed E-state index contributed by atoms with van der Waals surface area (Å²) >= 11 is 5.59. The van der Waals surface area contributed by atoms with Crippen LogP contribution < -0.4 is 20.5 Å². The van der Waals surface area contributed by atoms with E-state index in [4.69, 9.17) is 27.4 Å². The first kappa shape index (κ1) is 22.9. The maximum atomic E-state index is 12.2. The van der Waals surface area contributed by atoms with Gasteiger partial charge in [-0.1, -0.05) is 39.2 Å². The number of primary amides is 1. The molecule has 1 fully saturated rings. The number of nitrogens with one attached hydrogen (secondary N) is 1. The maximum Gasteiger partial charge on any atom is 0.255 e. The zero-order valence-electron chi connectivity index (χ0n) is 17.4. The van der Waals surface area contributed by atoms with Gasteiger partial charge in [0.2, 0.25) is 5.91 Å². The number of hydrogen-bond acceptors (Lipinski definition) is 5. The van der Waals surface area contributed by atoms with Gasteiger partial charge in [-0.25, -0.2) is 0 Å². The van der Waals surface area contributed by atoms with Gasteiger partial charge in [0, 0.05) is 18.5 Å². The molecule has 7 nitrogen and oxygen atoms in total. The van der Waals surface area contributed by atoms with Crippen molar-refractivity contribution in [2.24, 2.45) is 11.7 Å². The molecular weight excluding hydrogens is 390 g/mol. The summed E-state index contributed by atoms with van der Waals surface area (Å²) < 4.78 is 10.8. The van der Waals surface area contributed by atoms with Gasteiger partial charge in [0.15, 0.2) is 23.2 Å². The van der Waals surface area contributed by atoms with Crippen LogP contribution in [0.5, 0.6) is 11.5 Å². The van der Waals surface area contributed by atoms with E-state index in [2.05, 4.69) is 10.2 Å². The average Bonchev–Trinajstić information content (AvgIpc) is 2.71. The number of benzene rings is 1. The van der Waals surface area contributed by atoms with Crippen LogP contribution >= 0.6 is 12.2 Å². The highest BCUT2D eigenvalue weighted by molar-refractivity contribution is 7.80. The number of rotatable bonds is 8. The molecule has 0 heterocycles. The van der Waals surface area contributed by atoms with Crippen LogP contribution in [0.15, 0.2) is 18.2 Å². The minimum atomic E-state index is -0.550. The first-order valence-corrected chi connectivity index (χ1v) is 10.4. The predicted octanol–water partition coefficient (Wildman–Crippen LogP) is 2.75. The Kier molecular flexibility index (Phi) is 8.70. The molecule has 3 N–H and O–H groups in total. The van der Waals surface area contributed by atoms with Gasteiger partial charge in [-0.2, -0.15) is 0 Å². The monoisotopic (exact) mass is 421 g/mol. The first-order chi connectivity index (χ1) is 13.8. The summed E-state index contributed by atoms with van der Waals surface area (Å²) in [6.07, 6.45) is 5.65. The highest BCUT2D eigenvalue weighted by atomic mass is 32.1. The lowest BCUT2D eigenvalue weighted by Gasteiger charge is -2.36. The van der Waals surface area contributed by atoms with Crippen LogP contribution in [0, 0.1) is 5.92 Å². The minimum Gasteiger partial charge on any atom is -0.493 e. The summed E-state index contributed by atoms with van der Waals surface area (Å²) in [7, 11) is 1.54. The van der Waals surface area contributed by atoms with Crippen molar-refractivity contribution in [2.75, 3.05) is 13.7 Å². The van der Waals surface area contributed by atoms with Crippen LogP contribution in [-0.4, -0.2) is 41.6 Å². The number of carbonyl (C=O) groups excluding carboxylic acids is 2. The van der Waals surface area contributed by atoms with E-state index in [1.165, 1.54) is 6.42 Å². The third kappa shape index (κ3) is 6.88. The summed E-state index contributed by atoms with van der Waals surface area (Å²) in [5.41, 5.74) is 6.12. The summed E-state index contributed by atoms with van der Waals surface area (Å²) in [4.78, 5) is 25.2. The number of carbonyl (C=O) groups is 2. The molecule has 2 amide bonds. The fraction of sp³-hybridized carbons (Fsp3) is 0.571. The van der Waals surface area contributed by atoms with Gasteiger partial charge in [-0.05, 0) is 42.8 Å². The quantitative estimate of drug-likeness (QED) is 0.627. The van der Waals surface area contributed by atoms with Crippen LogP contribution in [0.3, 0.4) is 0 Å². The summed E-state index contributed by atoms with van der Waals surface area (Å²) in [5, 5.41) is 3.34. The molecule has 0 bridgehead atoms. The lowest BCUT2D eigenvalue weighted by molar-refractivity contribution is -0.122. The Morgan fingerprint density at radius 3 is 2.52 bits per heavy atom. The Labute approximate surface area is 177 Å². The van der Waals surface area contributed by atoms with E-state index in [0.29, 0.717) is 29.2 Å². The lowest BCUT2D eigenvalue weighted by Crippen LogP contribution is -2.48. The first-order valence-electron chi connectivity index (χ1n) is 10.0. The predicted molar refractivity (Wildman–Crippen MR) is 116 cm³/mol. The van der Waals surface area contributed by atoms with Gasteiger partial charge in [0.25, 0.3) is 5.91 Å². The number of amides is 2. The molecule has 1 aliphatic carbocycles. The molecular formula is C21H31N3O4S. The number of nitrogens with zero attached hydrogens (tertiary/aromatic N) is 1. The number of hydrogen-bond donors (Lipinski definition) is 2. The van der Waals surface area contributed by atoms with Crippen molar-refractivity contribution < 1.29 is 19.1 Å². The molecule has 0 atom stereocenters. The number of methoxy groups -OCH3 is 1. The normalized spacial score (nSPS) is 14.3. The molecule has 0 saturated heterocycles. The van der Waals surface area contributed by atoms with Crippen molar-refractivity contribution in [3.8, 4) is 11.5 Å². The number of nitrogens with two attached hydrogens (primary N) is 1. The molecule has 2 rings (SSSR count). The highest BCUT2D eigenvalue weighted by Gasteiger charge is 2.25. The third-order valence-electron chi connectivity index (χ3n) is 4.98. The molecule has 1 aromatic rings. The van der Waals surface area contributed by atoms with Gasteiger partial charge >= 0.3 is 0 Å². The van der Waals surface area contributed by atoms with Crippen LogP contribution in [0.25, 0.3) is 0 Å². The molecule has 0 unspecified atom stereocenters. The van der Waals surface area contributed by atoms with Crippen molar-refractivity contribution in [3.63, 3.8) is 0 Å². The van der Waals surface area contributed by atoms with Gasteiger partial charge in [-0.3, -0.25) is 9.59 Å². The van der Waals surface area contributed by atoms with Crippen LogP contribution in [0.2, 0.25) is 0 Å². The van der Waals surface area contributed by atoms with E-state index < -0.39 is 5.91 Å². The number of ether oxygens (including phenoxy) is 2. The second kappa shape index (κ2) is 11.0. The van der Waals surface area contributed by atoms with Crippen molar-refractivity contribution in [1.29, 1.82) is 0 Å². The van der Waals surface area contributed by atoms with E-state index in [1.54, 1.807) is 13.2 Å². The largest absolute Gasteiger partial charge is 0.493 e. The molecule has 0 radical (unpaired) electrons. The van der Waals surface area contributed by atoms with Gasteiger partial charge in [0.1, 0.15) is 0 Å². The second-order valence-corrected chi connectivity index (χ2v) is 8.00. The van der Waals surface area contributed by atoms with Gasteiger partial charge < -0.3 is 25.4 Å². The molecule has 8 heteroatoms. The summed E-state index contributed by atoms with van der Waals surface area (Å²) in [5.74, 6) is 0.205. The SMILES string of the molecule is COc1cc(CN(C(=S)NC(=O)C(C)C)C2CCCCC2)ccc1OCC(N)=O. The average molecular weight is 422 g/mol. The lowest BCUT2D eigenvalue weighted by atomic mass is 9.94. The maximum absolute atomic E-state index is 12.2. The van der Waals surface area contributed by atoms with Crippen LogP contribution in [-0.2, 0) is 16.1 Å². The zero-order chi connectivity index (χ0) is 21.4. The molecule has 1 aromatic carbocycles. The van der Waals surface area contributed by atoms with Gasteiger partial charge in [0.05, 0.1) is 7.11 Å². The third-order valence-corrected chi connectivity index (χ3v) is 5.32. The molecule has 160 valence electrons. The van der Waals surface area contributed by atoms with Crippen LogP contribution in [0.4, 0.5) is 0 Å². The van der Waals surface area contributed by atoms with Crippen molar-refractivity contribution in [2.45, 2.75) is 58.5 Å². The molecule has 29 heavy (non-hydrogen) atoms. The fourth-order valence-electron chi connectivity index (χ4n) is 3.36. The molecule has 0 aromatic heterocycles. The molecule has 1 aliphatic rings. The van der Waals surface area contributed by atoms with Crippen molar-refractivity contribution in [1.82, 2.24) is 10.2 Å². The van der Waals surface area contributed by atoms with E-state index in [1.807, 2.05) is 26.0 Å². The number of thiocarbonyl (C=S) groups is 1. The molecule has 0 spiro atoms. The Morgan fingerprint density at radius 2 is 1.93 bits per heavy atom. The minimum absolute atomic E-state index is 0.0800. The standard InChI is InChI=1S/C21H31N3O4S/c1-14(2)20(26)23-21(29)24(16-7-5-4-6-8-16)12-15-9-10-17(18(11-15)27-3)28-13-19(22)25/h9-11,14,16H,4-8,12-13H2,1-3H3,(H2,22,25)(H,23,26,29). The topological polar surface area (TPSA) is 93.9 Å². The van der Waals surface area contributed by atoms with E-state index in [0.717, 1.165) is 31.2 Å². The zero-order valence-corrected chi connectivity index (χ0v) is 18.2. The Bertz CT molecular complexity index is 733. The summed E-state index contributed by atoms with van der Waals surface area (Å²) in [6, 6.07) is 5.81. The van der Waals surface area contributed by atoms with E-state index in [9.17, 15) is 9.59 Å². The Hall–Kier alpha value is -2.35. The Balaban J connectivity index is 2.19. The van der Waals surface area contributed by atoms with E-state index >= 15 is 0 Å². The van der Waals surface area contributed by atoms with E-state index in [-0.39, 0.29) is 18.4 Å². The summed E-state index contributed by atoms with van der Waals surface area (Å²) in [6.45, 7) is 4.03. The van der Waals surface area contributed by atoms with Crippen LogP contribution in [0.1, 0.15) is 51.5 Å². The molecule has 1 saturated carbocycles. The highest BCUT2D eigenvalue weighted by Crippen LogP contribution is 2.30. The van der Waals surface area contributed by atoms with Gasteiger partial charge in [-0.15, -0.1) is 0 Å².